The number of carbonyl (C=O) groups excluding carboxylic acids is 1. The largest absolute Gasteiger partial charge is 0.338 e. The monoisotopic (exact) mass is 312 g/mol. The van der Waals surface area contributed by atoms with Gasteiger partial charge in [0.05, 0.1) is 0 Å². The normalized spacial score (nSPS) is 10.4. The Morgan fingerprint density at radius 3 is 2.39 bits per heavy atom. The molecule has 1 aromatic rings. The van der Waals surface area contributed by atoms with Crippen molar-refractivity contribution in [1.82, 2.24) is 10.6 Å². The van der Waals surface area contributed by atoms with Crippen LogP contribution in [0.4, 0.5) is 4.79 Å². The van der Waals surface area contributed by atoms with Crippen LogP contribution in [0.3, 0.4) is 0 Å². The lowest BCUT2D eigenvalue weighted by Gasteiger charge is -2.15. The molecule has 0 heterocycles. The van der Waals surface area contributed by atoms with Crippen LogP contribution in [-0.4, -0.2) is 18.6 Å². The van der Waals surface area contributed by atoms with Gasteiger partial charge in [-0.3, -0.25) is 0 Å². The molecule has 0 aliphatic heterocycles. The summed E-state index contributed by atoms with van der Waals surface area (Å²) in [4.78, 5) is 11.6. The predicted octanol–water partition coefficient (Wildman–Crippen LogP) is 3.48. The summed E-state index contributed by atoms with van der Waals surface area (Å²) in [7, 11) is 0. The molecule has 1 rings (SSSR count). The van der Waals surface area contributed by atoms with E-state index in [2.05, 4.69) is 52.5 Å². The lowest BCUT2D eigenvalue weighted by Crippen LogP contribution is -2.42. The first-order chi connectivity index (χ1) is 8.65. The van der Waals surface area contributed by atoms with Crippen LogP contribution in [-0.2, 0) is 6.42 Å². The molecule has 100 valence electrons. The Morgan fingerprint density at radius 1 is 1.22 bits per heavy atom. The summed E-state index contributed by atoms with van der Waals surface area (Å²) in [6, 6.07) is 8.35. The molecule has 2 N–H and O–H groups in total. The molecular weight excluding hydrogens is 292 g/mol. The highest BCUT2D eigenvalue weighted by Crippen LogP contribution is 2.10. The maximum Gasteiger partial charge on any atom is 0.315 e. The van der Waals surface area contributed by atoms with Crippen LogP contribution in [0.15, 0.2) is 28.7 Å². The number of halogens is 1. The molecule has 0 saturated heterocycles. The molecule has 0 unspecified atom stereocenters. The minimum Gasteiger partial charge on any atom is -0.338 e. The summed E-state index contributed by atoms with van der Waals surface area (Å²) in [5, 5.41) is 5.84. The number of rotatable bonds is 6. The first-order valence-corrected chi connectivity index (χ1v) is 7.23. The molecule has 0 aromatic heterocycles. The second-order valence-electron chi connectivity index (χ2n) is 4.29. The first-order valence-electron chi connectivity index (χ1n) is 6.44. The highest BCUT2D eigenvalue weighted by Gasteiger charge is 2.06. The van der Waals surface area contributed by atoms with E-state index >= 15 is 0 Å². The molecule has 0 radical (unpaired) electrons. The van der Waals surface area contributed by atoms with E-state index in [0.29, 0.717) is 6.54 Å². The molecule has 0 aliphatic carbocycles. The zero-order chi connectivity index (χ0) is 13.4. The van der Waals surface area contributed by atoms with Gasteiger partial charge in [0, 0.05) is 17.1 Å². The van der Waals surface area contributed by atoms with Crippen LogP contribution < -0.4 is 10.6 Å². The third-order valence-electron chi connectivity index (χ3n) is 2.93. The average Bonchev–Trinajstić information content (AvgIpc) is 2.38. The highest BCUT2D eigenvalue weighted by atomic mass is 79.9. The van der Waals surface area contributed by atoms with E-state index in [9.17, 15) is 4.79 Å². The van der Waals surface area contributed by atoms with Gasteiger partial charge in [-0.15, -0.1) is 0 Å². The maximum absolute atomic E-state index is 11.6. The van der Waals surface area contributed by atoms with E-state index in [1.807, 2.05) is 12.1 Å². The fraction of sp³-hybridized carbons (Fsp3) is 0.500. The fourth-order valence-electron chi connectivity index (χ4n) is 1.70. The van der Waals surface area contributed by atoms with Crippen LogP contribution in [0.1, 0.15) is 32.3 Å². The van der Waals surface area contributed by atoms with Crippen molar-refractivity contribution < 1.29 is 4.79 Å². The minimum absolute atomic E-state index is 0.0687. The van der Waals surface area contributed by atoms with Crippen LogP contribution >= 0.6 is 15.9 Å². The Kier molecular flexibility index (Phi) is 6.80. The molecule has 0 fully saturated rings. The molecule has 0 saturated carbocycles. The number of urea groups is 1. The minimum atomic E-state index is -0.0687. The molecule has 0 spiro atoms. The van der Waals surface area contributed by atoms with Gasteiger partial charge in [0.25, 0.3) is 0 Å². The third kappa shape index (κ3) is 5.54. The lowest BCUT2D eigenvalue weighted by molar-refractivity contribution is 0.236. The Bertz CT molecular complexity index is 361. The Balaban J connectivity index is 2.25. The highest BCUT2D eigenvalue weighted by molar-refractivity contribution is 9.10. The van der Waals surface area contributed by atoms with E-state index in [1.165, 1.54) is 5.56 Å². The molecule has 2 amide bonds. The van der Waals surface area contributed by atoms with Gasteiger partial charge in [-0.05, 0) is 37.0 Å². The maximum atomic E-state index is 11.6. The molecule has 0 bridgehead atoms. The number of hydrogen-bond donors (Lipinski definition) is 2. The third-order valence-corrected chi connectivity index (χ3v) is 3.46. The van der Waals surface area contributed by atoms with Gasteiger partial charge in [-0.2, -0.15) is 0 Å². The summed E-state index contributed by atoms with van der Waals surface area (Å²) in [5.41, 5.74) is 1.22. The molecular formula is C14H21BrN2O. The van der Waals surface area contributed by atoms with E-state index in [0.717, 1.165) is 23.7 Å². The fourth-order valence-corrected chi connectivity index (χ4v) is 1.97. The first kappa shape index (κ1) is 15.0. The molecule has 3 nitrogen and oxygen atoms in total. The summed E-state index contributed by atoms with van der Waals surface area (Å²) in [5.74, 6) is 0. The standard InChI is InChI=1S/C14H21BrN2O/c1-3-13(4-2)17-14(18)16-10-9-11-5-7-12(15)8-6-11/h5-8,13H,3-4,9-10H2,1-2H3,(H2,16,17,18). The summed E-state index contributed by atoms with van der Waals surface area (Å²) >= 11 is 3.40. The number of hydrogen-bond acceptors (Lipinski definition) is 1. The van der Waals surface area contributed by atoms with Crippen molar-refractivity contribution in [3.8, 4) is 0 Å². The zero-order valence-electron chi connectivity index (χ0n) is 11.0. The van der Waals surface area contributed by atoms with Crippen molar-refractivity contribution in [2.24, 2.45) is 0 Å². The Morgan fingerprint density at radius 2 is 1.83 bits per heavy atom. The molecule has 0 atom stereocenters. The van der Waals surface area contributed by atoms with Crippen molar-refractivity contribution >= 4 is 22.0 Å². The van der Waals surface area contributed by atoms with Crippen molar-refractivity contribution in [3.63, 3.8) is 0 Å². The van der Waals surface area contributed by atoms with Crippen molar-refractivity contribution in [1.29, 1.82) is 0 Å². The van der Waals surface area contributed by atoms with E-state index in [1.54, 1.807) is 0 Å². The van der Waals surface area contributed by atoms with Crippen LogP contribution in [0, 0.1) is 0 Å². The van der Waals surface area contributed by atoms with Gasteiger partial charge in [-0.25, -0.2) is 4.79 Å². The van der Waals surface area contributed by atoms with Gasteiger partial charge >= 0.3 is 6.03 Å². The molecule has 4 heteroatoms. The summed E-state index contributed by atoms with van der Waals surface area (Å²) in [6.07, 6.45) is 2.79. The van der Waals surface area contributed by atoms with Crippen LogP contribution in [0.2, 0.25) is 0 Å². The predicted molar refractivity (Wildman–Crippen MR) is 78.8 cm³/mol. The second kappa shape index (κ2) is 8.14. The second-order valence-corrected chi connectivity index (χ2v) is 5.21. The van der Waals surface area contributed by atoms with Crippen molar-refractivity contribution in [2.75, 3.05) is 6.54 Å². The Hall–Kier alpha value is -1.03. The van der Waals surface area contributed by atoms with Gasteiger partial charge in [0.2, 0.25) is 0 Å². The van der Waals surface area contributed by atoms with Gasteiger partial charge < -0.3 is 10.6 Å². The number of benzene rings is 1. The lowest BCUT2D eigenvalue weighted by atomic mass is 10.1. The van der Waals surface area contributed by atoms with Gasteiger partial charge in [-0.1, -0.05) is 41.9 Å². The molecule has 0 aliphatic rings. The molecule has 18 heavy (non-hydrogen) atoms. The smallest absolute Gasteiger partial charge is 0.315 e. The van der Waals surface area contributed by atoms with Crippen LogP contribution in [0.5, 0.6) is 0 Å². The van der Waals surface area contributed by atoms with E-state index < -0.39 is 0 Å². The Labute approximate surface area is 117 Å². The van der Waals surface area contributed by atoms with E-state index in [4.69, 9.17) is 0 Å². The summed E-state index contributed by atoms with van der Waals surface area (Å²) in [6.45, 7) is 4.82. The summed E-state index contributed by atoms with van der Waals surface area (Å²) < 4.78 is 1.07. The van der Waals surface area contributed by atoms with Crippen molar-refractivity contribution in [3.05, 3.63) is 34.3 Å². The van der Waals surface area contributed by atoms with Crippen LogP contribution in [0.25, 0.3) is 0 Å². The van der Waals surface area contributed by atoms with Gasteiger partial charge in [0.1, 0.15) is 0 Å². The quantitative estimate of drug-likeness (QED) is 0.829. The van der Waals surface area contributed by atoms with Gasteiger partial charge in [0.15, 0.2) is 0 Å². The van der Waals surface area contributed by atoms with E-state index in [-0.39, 0.29) is 12.1 Å². The number of carbonyl (C=O) groups is 1. The number of amides is 2. The number of nitrogens with one attached hydrogen (secondary N) is 2. The zero-order valence-corrected chi connectivity index (χ0v) is 12.6. The molecule has 1 aromatic carbocycles. The average molecular weight is 313 g/mol. The van der Waals surface area contributed by atoms with Crippen molar-refractivity contribution in [2.45, 2.75) is 39.2 Å². The SMILES string of the molecule is CCC(CC)NC(=O)NCCc1ccc(Br)cc1. The topological polar surface area (TPSA) is 41.1 Å².